The van der Waals surface area contributed by atoms with Crippen molar-refractivity contribution in [3.63, 3.8) is 0 Å². The summed E-state index contributed by atoms with van der Waals surface area (Å²) in [6.07, 6.45) is -1.73. The van der Waals surface area contributed by atoms with Gasteiger partial charge < -0.3 is 4.57 Å². The second-order valence-electron chi connectivity index (χ2n) is 6.05. The third-order valence-electron chi connectivity index (χ3n) is 4.09. The highest BCUT2D eigenvalue weighted by atomic mass is 19.4. The van der Waals surface area contributed by atoms with Crippen molar-refractivity contribution in [1.82, 2.24) is 9.55 Å². The van der Waals surface area contributed by atoms with Crippen LogP contribution in [-0.4, -0.2) is 9.55 Å². The molecule has 3 rings (SSSR count). The van der Waals surface area contributed by atoms with E-state index in [0.717, 1.165) is 11.6 Å². The smallest absolute Gasteiger partial charge is 0.303 e. The number of nitrogens with zero attached hydrogens (tertiary/aromatic N) is 3. The van der Waals surface area contributed by atoms with Crippen LogP contribution in [0, 0.1) is 18.3 Å². The summed E-state index contributed by atoms with van der Waals surface area (Å²) in [6.45, 7) is 1.81. The molecule has 3 aromatic rings. The molecule has 0 amide bonds. The number of alkyl halides is 3. The highest BCUT2D eigenvalue weighted by molar-refractivity contribution is 5.63. The van der Waals surface area contributed by atoms with Crippen LogP contribution in [0.15, 0.2) is 59.7 Å². The minimum absolute atomic E-state index is 0.00274. The number of rotatable bonds is 3. The summed E-state index contributed by atoms with van der Waals surface area (Å²) in [5.41, 5.74) is -1.09. The van der Waals surface area contributed by atoms with Gasteiger partial charge in [0, 0.05) is 12.4 Å². The molecule has 0 saturated heterocycles. The third kappa shape index (κ3) is 3.75. The molecule has 2 heterocycles. The molecule has 27 heavy (non-hydrogen) atoms. The van der Waals surface area contributed by atoms with E-state index in [2.05, 4.69) is 4.98 Å². The molecule has 1 aromatic carbocycles. The molecule has 2 aromatic heterocycles. The minimum atomic E-state index is -4.81. The first-order chi connectivity index (χ1) is 12.8. The Hall–Kier alpha value is -3.40. The first-order valence-corrected chi connectivity index (χ1v) is 8.02. The Morgan fingerprint density at radius 2 is 1.96 bits per heavy atom. The molecular weight excluding hydrogens is 355 g/mol. The molecule has 0 aliphatic carbocycles. The fourth-order valence-electron chi connectivity index (χ4n) is 2.85. The average Bonchev–Trinajstić information content (AvgIpc) is 2.63. The quantitative estimate of drug-likeness (QED) is 0.697. The Kier molecular flexibility index (Phi) is 4.82. The van der Waals surface area contributed by atoms with E-state index < -0.39 is 22.9 Å². The Morgan fingerprint density at radius 3 is 2.56 bits per heavy atom. The van der Waals surface area contributed by atoms with Crippen LogP contribution >= 0.6 is 0 Å². The van der Waals surface area contributed by atoms with Crippen LogP contribution in [0.25, 0.3) is 11.3 Å². The van der Waals surface area contributed by atoms with Gasteiger partial charge in [0.1, 0.15) is 11.6 Å². The van der Waals surface area contributed by atoms with Gasteiger partial charge in [0.15, 0.2) is 0 Å². The number of benzene rings is 1. The highest BCUT2D eigenvalue weighted by Gasteiger charge is 2.36. The number of hydrogen-bond acceptors (Lipinski definition) is 3. The van der Waals surface area contributed by atoms with E-state index in [1.807, 2.05) is 0 Å². The van der Waals surface area contributed by atoms with Gasteiger partial charge in [-0.15, -0.1) is 0 Å². The second-order valence-corrected chi connectivity index (χ2v) is 6.05. The Balaban J connectivity index is 2.33. The Bertz CT molecular complexity index is 1080. The van der Waals surface area contributed by atoms with Crippen molar-refractivity contribution in [3.05, 3.63) is 87.5 Å². The molecule has 0 N–H and O–H groups in total. The SMILES string of the molecule is Cc1cccc(-c2cc(C(F)(F)F)c(C#N)c(=O)n2Cc2cccnc2)c1. The van der Waals surface area contributed by atoms with Crippen LogP contribution in [0.5, 0.6) is 0 Å². The van der Waals surface area contributed by atoms with Gasteiger partial charge >= 0.3 is 6.18 Å². The lowest BCUT2D eigenvalue weighted by molar-refractivity contribution is -0.137. The molecule has 0 bridgehead atoms. The average molecular weight is 369 g/mol. The topological polar surface area (TPSA) is 58.7 Å². The Labute approximate surface area is 153 Å². The Morgan fingerprint density at radius 1 is 1.19 bits per heavy atom. The van der Waals surface area contributed by atoms with E-state index in [9.17, 15) is 23.2 Å². The van der Waals surface area contributed by atoms with Gasteiger partial charge in [-0.1, -0.05) is 29.8 Å². The predicted octanol–water partition coefficient (Wildman–Crippen LogP) is 4.16. The summed E-state index contributed by atoms with van der Waals surface area (Å²) < 4.78 is 41.5. The minimum Gasteiger partial charge on any atom is -0.303 e. The van der Waals surface area contributed by atoms with E-state index >= 15 is 0 Å². The largest absolute Gasteiger partial charge is 0.417 e. The van der Waals surface area contributed by atoms with Gasteiger partial charge in [0.2, 0.25) is 0 Å². The van der Waals surface area contributed by atoms with E-state index in [4.69, 9.17) is 0 Å². The summed E-state index contributed by atoms with van der Waals surface area (Å²) in [7, 11) is 0. The van der Waals surface area contributed by atoms with E-state index in [1.54, 1.807) is 49.5 Å². The fourth-order valence-corrected chi connectivity index (χ4v) is 2.85. The summed E-state index contributed by atoms with van der Waals surface area (Å²) in [5.74, 6) is 0. The molecule has 0 aliphatic heterocycles. The maximum absolute atomic E-state index is 13.4. The normalized spacial score (nSPS) is 11.2. The molecule has 0 fully saturated rings. The first-order valence-electron chi connectivity index (χ1n) is 8.02. The number of pyridine rings is 2. The van der Waals surface area contributed by atoms with E-state index in [-0.39, 0.29) is 12.2 Å². The molecule has 0 unspecified atom stereocenters. The van der Waals surface area contributed by atoms with Crippen molar-refractivity contribution in [1.29, 1.82) is 5.26 Å². The zero-order valence-electron chi connectivity index (χ0n) is 14.3. The molecule has 0 radical (unpaired) electrons. The van der Waals surface area contributed by atoms with Crippen molar-refractivity contribution in [2.45, 2.75) is 19.6 Å². The van der Waals surface area contributed by atoms with Gasteiger partial charge in [-0.3, -0.25) is 9.78 Å². The molecule has 0 aliphatic rings. The molecular formula is C20H14F3N3O. The predicted molar refractivity (Wildman–Crippen MR) is 93.9 cm³/mol. The molecule has 136 valence electrons. The summed E-state index contributed by atoms with van der Waals surface area (Å²) in [6, 6.07) is 12.5. The van der Waals surface area contributed by atoms with Crippen LogP contribution in [0.2, 0.25) is 0 Å². The van der Waals surface area contributed by atoms with Crippen LogP contribution in [-0.2, 0) is 12.7 Å². The number of halogens is 3. The van der Waals surface area contributed by atoms with Crippen molar-refractivity contribution >= 4 is 0 Å². The number of nitriles is 1. The molecule has 0 saturated carbocycles. The third-order valence-corrected chi connectivity index (χ3v) is 4.09. The number of hydrogen-bond donors (Lipinski definition) is 0. The van der Waals surface area contributed by atoms with E-state index in [1.165, 1.54) is 16.8 Å². The summed E-state index contributed by atoms with van der Waals surface area (Å²) >= 11 is 0. The second kappa shape index (κ2) is 7.08. The number of aromatic nitrogens is 2. The fraction of sp³-hybridized carbons (Fsp3) is 0.150. The lowest BCUT2D eigenvalue weighted by atomic mass is 10.0. The lowest BCUT2D eigenvalue weighted by Crippen LogP contribution is -2.28. The summed E-state index contributed by atoms with van der Waals surface area (Å²) in [4.78, 5) is 16.7. The van der Waals surface area contributed by atoms with Gasteiger partial charge in [0.05, 0.1) is 17.8 Å². The standard InChI is InChI=1S/C20H14F3N3O/c1-13-4-2-6-15(8-13)18-9-17(20(21,22)23)16(10-24)19(27)26(18)12-14-5-3-7-25-11-14/h2-9,11H,12H2,1H3. The van der Waals surface area contributed by atoms with Crippen LogP contribution in [0.1, 0.15) is 22.3 Å². The zero-order valence-corrected chi connectivity index (χ0v) is 14.3. The van der Waals surface area contributed by atoms with Crippen molar-refractivity contribution in [2.24, 2.45) is 0 Å². The zero-order chi connectivity index (χ0) is 19.6. The maximum Gasteiger partial charge on any atom is 0.417 e. The van der Waals surface area contributed by atoms with E-state index in [0.29, 0.717) is 11.1 Å². The van der Waals surface area contributed by atoms with Gasteiger partial charge in [-0.05, 0) is 36.2 Å². The summed E-state index contributed by atoms with van der Waals surface area (Å²) in [5, 5.41) is 9.18. The first kappa shape index (κ1) is 18.4. The monoisotopic (exact) mass is 369 g/mol. The molecule has 0 atom stereocenters. The van der Waals surface area contributed by atoms with Crippen LogP contribution in [0.4, 0.5) is 13.2 Å². The van der Waals surface area contributed by atoms with Gasteiger partial charge in [-0.25, -0.2) is 0 Å². The van der Waals surface area contributed by atoms with Gasteiger partial charge in [0.25, 0.3) is 5.56 Å². The molecule has 0 spiro atoms. The molecule has 7 heteroatoms. The van der Waals surface area contributed by atoms with Crippen molar-refractivity contribution in [3.8, 4) is 17.3 Å². The van der Waals surface area contributed by atoms with Crippen LogP contribution in [0.3, 0.4) is 0 Å². The maximum atomic E-state index is 13.4. The van der Waals surface area contributed by atoms with Crippen molar-refractivity contribution < 1.29 is 13.2 Å². The van der Waals surface area contributed by atoms with Crippen LogP contribution < -0.4 is 5.56 Å². The number of aryl methyl sites for hydroxylation is 1. The lowest BCUT2D eigenvalue weighted by Gasteiger charge is -2.18. The molecule has 4 nitrogen and oxygen atoms in total. The van der Waals surface area contributed by atoms with Crippen molar-refractivity contribution in [2.75, 3.05) is 0 Å². The van der Waals surface area contributed by atoms with Gasteiger partial charge in [-0.2, -0.15) is 18.4 Å². The highest BCUT2D eigenvalue weighted by Crippen LogP contribution is 2.33.